The van der Waals surface area contributed by atoms with Gasteiger partial charge in [-0.1, -0.05) is 12.1 Å². The van der Waals surface area contributed by atoms with Gasteiger partial charge in [-0.15, -0.1) is 0 Å². The van der Waals surface area contributed by atoms with Crippen LogP contribution >= 0.6 is 0 Å². The van der Waals surface area contributed by atoms with E-state index in [-0.39, 0.29) is 36.0 Å². The zero-order valence-corrected chi connectivity index (χ0v) is 18.2. The summed E-state index contributed by atoms with van der Waals surface area (Å²) in [5.41, 5.74) is 0.310. The highest BCUT2D eigenvalue weighted by atomic mass is 32.2. The van der Waals surface area contributed by atoms with Gasteiger partial charge in [0, 0.05) is 18.2 Å². The topological polar surface area (TPSA) is 123 Å². The van der Waals surface area contributed by atoms with Crippen LogP contribution < -0.4 is 15.8 Å². The quantitative estimate of drug-likeness (QED) is 0.473. The minimum Gasteiger partial charge on any atom is -0.354 e. The molecule has 174 valence electrons. The Morgan fingerprint density at radius 3 is 2.30 bits per heavy atom. The summed E-state index contributed by atoms with van der Waals surface area (Å²) in [6.45, 7) is 0.230. The standard InChI is InChI=1S/C21H21F3N6O2S/c22-21(23,24)20(9-10-20)30-18-17-16(8-7-15(27-17)13-3-4-13)28-19(29-18)26-11-12-1-5-14(6-2-12)33(25,31)32/h1-2,5-8,13H,3-4,9-11H2,(H2,25,31,32)(H2,26,28,29,30). The van der Waals surface area contributed by atoms with Crippen LogP contribution in [0.3, 0.4) is 0 Å². The highest BCUT2D eigenvalue weighted by Gasteiger charge is 2.64. The molecule has 2 aliphatic rings. The van der Waals surface area contributed by atoms with E-state index in [0.717, 1.165) is 24.1 Å². The number of aromatic nitrogens is 3. The first kappa shape index (κ1) is 21.8. The summed E-state index contributed by atoms with van der Waals surface area (Å²) < 4.78 is 63.6. The predicted molar refractivity (Wildman–Crippen MR) is 116 cm³/mol. The largest absolute Gasteiger partial charge is 0.411 e. The molecular formula is C21H21F3N6O2S. The zero-order valence-electron chi connectivity index (χ0n) is 17.4. The van der Waals surface area contributed by atoms with E-state index in [0.29, 0.717) is 17.0 Å². The third-order valence-corrected chi connectivity index (χ3v) is 6.84. The molecule has 3 aromatic rings. The Labute approximate surface area is 187 Å². The van der Waals surface area contributed by atoms with Crippen molar-refractivity contribution in [2.75, 3.05) is 10.6 Å². The van der Waals surface area contributed by atoms with Gasteiger partial charge in [0.05, 0.1) is 10.4 Å². The lowest BCUT2D eigenvalue weighted by Gasteiger charge is -2.22. The van der Waals surface area contributed by atoms with Gasteiger partial charge >= 0.3 is 6.18 Å². The number of nitrogens with two attached hydrogens (primary N) is 1. The van der Waals surface area contributed by atoms with Crippen LogP contribution in [0.4, 0.5) is 24.9 Å². The van der Waals surface area contributed by atoms with Crippen molar-refractivity contribution in [1.82, 2.24) is 15.0 Å². The number of alkyl halides is 3. The van der Waals surface area contributed by atoms with Crippen LogP contribution in [-0.2, 0) is 16.6 Å². The maximum atomic E-state index is 13.6. The van der Waals surface area contributed by atoms with E-state index in [2.05, 4.69) is 25.6 Å². The van der Waals surface area contributed by atoms with Crippen molar-refractivity contribution in [3.8, 4) is 0 Å². The number of primary sulfonamides is 1. The molecule has 0 unspecified atom stereocenters. The molecule has 0 bridgehead atoms. The van der Waals surface area contributed by atoms with E-state index in [9.17, 15) is 21.6 Å². The van der Waals surface area contributed by atoms with Gasteiger partial charge in [0.2, 0.25) is 16.0 Å². The third-order valence-electron chi connectivity index (χ3n) is 5.91. The summed E-state index contributed by atoms with van der Waals surface area (Å²) in [7, 11) is -3.80. The number of hydrogen-bond acceptors (Lipinski definition) is 7. The van der Waals surface area contributed by atoms with E-state index in [4.69, 9.17) is 5.14 Å². The fourth-order valence-corrected chi connectivity index (χ4v) is 4.13. The van der Waals surface area contributed by atoms with E-state index >= 15 is 0 Å². The normalized spacial score (nSPS) is 17.7. The van der Waals surface area contributed by atoms with Crippen LogP contribution in [0.2, 0.25) is 0 Å². The van der Waals surface area contributed by atoms with Crippen molar-refractivity contribution >= 4 is 32.8 Å². The van der Waals surface area contributed by atoms with Crippen LogP contribution in [0.15, 0.2) is 41.3 Å². The summed E-state index contributed by atoms with van der Waals surface area (Å²) >= 11 is 0. The summed E-state index contributed by atoms with van der Waals surface area (Å²) in [5, 5.41) is 10.7. The first-order chi connectivity index (χ1) is 15.5. The lowest BCUT2D eigenvalue weighted by Crippen LogP contribution is -2.39. The molecule has 0 atom stereocenters. The average molecular weight is 479 g/mol. The van der Waals surface area contributed by atoms with Gasteiger partial charge in [0.1, 0.15) is 11.1 Å². The van der Waals surface area contributed by atoms with Crippen molar-refractivity contribution in [3.63, 3.8) is 0 Å². The number of nitrogens with zero attached hydrogens (tertiary/aromatic N) is 3. The Morgan fingerprint density at radius 1 is 1.03 bits per heavy atom. The molecule has 33 heavy (non-hydrogen) atoms. The molecule has 1 aromatic carbocycles. The van der Waals surface area contributed by atoms with E-state index in [1.54, 1.807) is 18.2 Å². The van der Waals surface area contributed by atoms with Gasteiger partial charge in [0.25, 0.3) is 0 Å². The fraction of sp³-hybridized carbons (Fsp3) is 0.381. The van der Waals surface area contributed by atoms with Crippen LogP contribution in [0.25, 0.3) is 11.0 Å². The number of anilines is 2. The molecule has 0 saturated heterocycles. The van der Waals surface area contributed by atoms with Crippen molar-refractivity contribution in [2.45, 2.75) is 54.8 Å². The number of halogens is 3. The molecule has 2 fully saturated rings. The zero-order chi connectivity index (χ0) is 23.4. The van der Waals surface area contributed by atoms with Gasteiger partial charge in [-0.05, 0) is 55.5 Å². The molecule has 12 heteroatoms. The van der Waals surface area contributed by atoms with Crippen LogP contribution in [0.5, 0.6) is 0 Å². The molecule has 2 saturated carbocycles. The molecule has 0 aliphatic heterocycles. The summed E-state index contributed by atoms with van der Waals surface area (Å²) in [6, 6.07) is 9.53. The molecule has 0 radical (unpaired) electrons. The number of rotatable bonds is 7. The Morgan fingerprint density at radius 2 is 1.73 bits per heavy atom. The summed E-state index contributed by atoms with van der Waals surface area (Å²) in [4.78, 5) is 13.3. The summed E-state index contributed by atoms with van der Waals surface area (Å²) in [6.07, 6.45) is -2.43. The maximum Gasteiger partial charge on any atom is 0.411 e. The van der Waals surface area contributed by atoms with Gasteiger partial charge in [-0.3, -0.25) is 0 Å². The number of sulfonamides is 1. The van der Waals surface area contributed by atoms with Gasteiger partial charge in [-0.2, -0.15) is 18.2 Å². The Hall–Kier alpha value is -2.99. The van der Waals surface area contributed by atoms with E-state index < -0.39 is 21.7 Å². The predicted octanol–water partition coefficient (Wildman–Crippen LogP) is 3.67. The van der Waals surface area contributed by atoms with Crippen molar-refractivity contribution in [2.24, 2.45) is 5.14 Å². The molecule has 8 nitrogen and oxygen atoms in total. The van der Waals surface area contributed by atoms with Gasteiger partial charge in [0.15, 0.2) is 5.82 Å². The van der Waals surface area contributed by atoms with Crippen LogP contribution in [0, 0.1) is 0 Å². The Kier molecular flexibility index (Phi) is 4.98. The van der Waals surface area contributed by atoms with Gasteiger partial charge in [-0.25, -0.2) is 23.5 Å². The number of benzene rings is 1. The molecule has 2 aliphatic carbocycles. The maximum absolute atomic E-state index is 13.6. The van der Waals surface area contributed by atoms with E-state index in [1.165, 1.54) is 12.1 Å². The molecular weight excluding hydrogens is 457 g/mol. The smallest absolute Gasteiger partial charge is 0.354 e. The molecule has 0 spiro atoms. The van der Waals surface area contributed by atoms with Crippen molar-refractivity contribution in [1.29, 1.82) is 0 Å². The minimum atomic E-state index is -4.41. The number of fused-ring (bicyclic) bond motifs is 1. The monoisotopic (exact) mass is 478 g/mol. The molecule has 5 rings (SSSR count). The van der Waals surface area contributed by atoms with Crippen LogP contribution in [-0.4, -0.2) is 35.1 Å². The Bertz CT molecular complexity index is 1320. The van der Waals surface area contributed by atoms with Crippen LogP contribution in [0.1, 0.15) is 42.9 Å². The first-order valence-corrected chi connectivity index (χ1v) is 12.0. The highest BCUT2D eigenvalue weighted by molar-refractivity contribution is 7.89. The number of hydrogen-bond donors (Lipinski definition) is 3. The fourth-order valence-electron chi connectivity index (χ4n) is 3.61. The number of nitrogens with one attached hydrogen (secondary N) is 2. The third kappa shape index (κ3) is 4.44. The second kappa shape index (κ2) is 7.52. The SMILES string of the molecule is NS(=O)(=O)c1ccc(CNc2nc(NC3(C(F)(F)F)CC3)c3nc(C4CC4)ccc3n2)cc1. The lowest BCUT2D eigenvalue weighted by molar-refractivity contribution is -0.151. The minimum absolute atomic E-state index is 0.0147. The molecule has 4 N–H and O–H groups in total. The lowest BCUT2D eigenvalue weighted by atomic mass is 10.2. The van der Waals surface area contributed by atoms with Crippen molar-refractivity contribution < 1.29 is 21.6 Å². The summed E-state index contributed by atoms with van der Waals surface area (Å²) in [5.74, 6) is 0.515. The molecule has 0 amide bonds. The second-order valence-electron chi connectivity index (χ2n) is 8.52. The Balaban J connectivity index is 1.44. The molecule has 2 aromatic heterocycles. The van der Waals surface area contributed by atoms with Gasteiger partial charge < -0.3 is 10.6 Å². The van der Waals surface area contributed by atoms with E-state index in [1.807, 2.05) is 6.07 Å². The number of pyridine rings is 1. The molecule has 2 heterocycles. The highest BCUT2D eigenvalue weighted by Crippen LogP contribution is 2.51. The average Bonchev–Trinajstić information content (AvgIpc) is 3.65. The second-order valence-corrected chi connectivity index (χ2v) is 10.1. The first-order valence-electron chi connectivity index (χ1n) is 10.4. The van der Waals surface area contributed by atoms with Crippen molar-refractivity contribution in [3.05, 3.63) is 47.7 Å².